The number of methoxy groups -OCH3 is 1. The van der Waals surface area contributed by atoms with Crippen molar-refractivity contribution in [3.05, 3.63) is 23.3 Å². The smallest absolute Gasteiger partial charge is 0.123 e. The maximum Gasteiger partial charge on any atom is 0.123 e. The van der Waals surface area contributed by atoms with Crippen molar-refractivity contribution in [2.45, 2.75) is 91.1 Å². The summed E-state index contributed by atoms with van der Waals surface area (Å²) in [6.07, 6.45) is 8.34. The first-order valence-electron chi connectivity index (χ1n) is 10.8. The van der Waals surface area contributed by atoms with E-state index < -0.39 is 0 Å². The summed E-state index contributed by atoms with van der Waals surface area (Å²) >= 11 is 0. The first-order valence-corrected chi connectivity index (χ1v) is 10.8. The van der Waals surface area contributed by atoms with Crippen molar-refractivity contribution < 1.29 is 9.47 Å². The highest BCUT2D eigenvalue weighted by Crippen LogP contribution is 2.32. The van der Waals surface area contributed by atoms with Crippen LogP contribution in [0.3, 0.4) is 0 Å². The van der Waals surface area contributed by atoms with Gasteiger partial charge in [0.1, 0.15) is 11.5 Å². The van der Waals surface area contributed by atoms with Crippen LogP contribution in [0.1, 0.15) is 77.3 Å². The molecule has 0 aromatic heterocycles. The quantitative estimate of drug-likeness (QED) is 0.485. The highest BCUT2D eigenvalue weighted by molar-refractivity contribution is 5.47. The summed E-state index contributed by atoms with van der Waals surface area (Å²) < 4.78 is 12.0. The van der Waals surface area contributed by atoms with Crippen LogP contribution in [-0.2, 0) is 12.8 Å². The van der Waals surface area contributed by atoms with Crippen molar-refractivity contribution in [3.8, 4) is 11.5 Å². The van der Waals surface area contributed by atoms with Crippen LogP contribution in [0.4, 0.5) is 0 Å². The third-order valence-electron chi connectivity index (χ3n) is 5.49. The Morgan fingerprint density at radius 1 is 0.852 bits per heavy atom. The van der Waals surface area contributed by atoms with Crippen molar-refractivity contribution in [2.24, 2.45) is 17.4 Å². The first kappa shape index (κ1) is 23.8. The Kier molecular flexibility index (Phi) is 11.5. The first-order chi connectivity index (χ1) is 13.0. The van der Waals surface area contributed by atoms with Gasteiger partial charge in [0.2, 0.25) is 0 Å². The van der Waals surface area contributed by atoms with E-state index in [0.717, 1.165) is 61.3 Å². The van der Waals surface area contributed by atoms with Gasteiger partial charge in [-0.1, -0.05) is 47.0 Å². The van der Waals surface area contributed by atoms with E-state index in [2.05, 4.69) is 39.8 Å². The van der Waals surface area contributed by atoms with Crippen LogP contribution in [-0.4, -0.2) is 25.8 Å². The van der Waals surface area contributed by atoms with Gasteiger partial charge < -0.3 is 20.9 Å². The molecule has 3 atom stereocenters. The van der Waals surface area contributed by atoms with E-state index in [9.17, 15) is 0 Å². The molecule has 0 fully saturated rings. The fourth-order valence-electron chi connectivity index (χ4n) is 3.25. The maximum atomic E-state index is 6.34. The number of hydrogen-bond donors (Lipinski definition) is 2. The Balaban J connectivity index is 3.08. The molecule has 0 saturated heterocycles. The molecule has 0 aliphatic carbocycles. The molecule has 0 aliphatic rings. The largest absolute Gasteiger partial charge is 0.496 e. The minimum absolute atomic E-state index is 0.128. The molecule has 1 aromatic rings. The number of ether oxygens (including phenoxy) is 2. The van der Waals surface area contributed by atoms with Crippen LogP contribution < -0.4 is 20.9 Å². The van der Waals surface area contributed by atoms with E-state index in [4.69, 9.17) is 20.9 Å². The average molecular weight is 379 g/mol. The van der Waals surface area contributed by atoms with E-state index >= 15 is 0 Å². The van der Waals surface area contributed by atoms with Crippen LogP contribution in [0, 0.1) is 5.92 Å². The number of hydrogen-bond acceptors (Lipinski definition) is 4. The molecule has 3 unspecified atom stereocenters. The summed E-state index contributed by atoms with van der Waals surface area (Å²) in [5.74, 6) is 2.44. The molecule has 0 radical (unpaired) electrons. The molecule has 4 N–H and O–H groups in total. The zero-order valence-corrected chi connectivity index (χ0v) is 18.2. The molecule has 4 nitrogen and oxygen atoms in total. The normalized spacial score (nSPS) is 14.6. The topological polar surface area (TPSA) is 70.5 Å². The minimum Gasteiger partial charge on any atom is -0.496 e. The van der Waals surface area contributed by atoms with Gasteiger partial charge in [-0.15, -0.1) is 0 Å². The van der Waals surface area contributed by atoms with Crippen molar-refractivity contribution >= 4 is 0 Å². The summed E-state index contributed by atoms with van der Waals surface area (Å²) in [6, 6.07) is 4.50. The third-order valence-corrected chi connectivity index (χ3v) is 5.49. The highest BCUT2D eigenvalue weighted by atomic mass is 16.5. The number of rotatable bonds is 14. The van der Waals surface area contributed by atoms with Gasteiger partial charge in [0.15, 0.2) is 0 Å². The summed E-state index contributed by atoms with van der Waals surface area (Å²) in [5.41, 5.74) is 14.7. The standard InChI is InChI=1S/C23H42N2O2/c1-6-10-11-17(7-2)16-27-23-15-18(12-20(24)8-3)22(26-5)14-19(23)13-21(25)9-4/h14-15,17,20-21H,6-13,16,24-25H2,1-5H3. The Morgan fingerprint density at radius 2 is 1.41 bits per heavy atom. The second kappa shape index (κ2) is 13.0. The lowest BCUT2D eigenvalue weighted by molar-refractivity contribution is 0.230. The van der Waals surface area contributed by atoms with Crippen LogP contribution >= 0.6 is 0 Å². The van der Waals surface area contributed by atoms with Crippen LogP contribution in [0.5, 0.6) is 11.5 Å². The van der Waals surface area contributed by atoms with Gasteiger partial charge >= 0.3 is 0 Å². The lowest BCUT2D eigenvalue weighted by Crippen LogP contribution is -2.23. The zero-order chi connectivity index (χ0) is 20.2. The van der Waals surface area contributed by atoms with Crippen LogP contribution in [0.15, 0.2) is 12.1 Å². The molecule has 4 heteroatoms. The molecule has 156 valence electrons. The number of nitrogens with two attached hydrogens (primary N) is 2. The summed E-state index contributed by atoms with van der Waals surface area (Å²) in [6.45, 7) is 9.48. The van der Waals surface area contributed by atoms with E-state index in [0.29, 0.717) is 5.92 Å². The van der Waals surface area contributed by atoms with Gasteiger partial charge in [0.25, 0.3) is 0 Å². The van der Waals surface area contributed by atoms with Gasteiger partial charge in [0.05, 0.1) is 13.7 Å². The minimum atomic E-state index is 0.128. The third kappa shape index (κ3) is 8.10. The summed E-state index contributed by atoms with van der Waals surface area (Å²) in [4.78, 5) is 0. The van der Waals surface area contributed by atoms with Crippen molar-refractivity contribution in [3.63, 3.8) is 0 Å². The molecule has 0 saturated carbocycles. The van der Waals surface area contributed by atoms with Crippen LogP contribution in [0.2, 0.25) is 0 Å². The van der Waals surface area contributed by atoms with Gasteiger partial charge in [-0.2, -0.15) is 0 Å². The van der Waals surface area contributed by atoms with E-state index in [1.807, 2.05) is 0 Å². The molecular formula is C23H42N2O2. The average Bonchev–Trinajstić information content (AvgIpc) is 2.69. The van der Waals surface area contributed by atoms with Crippen LogP contribution in [0.25, 0.3) is 0 Å². The summed E-state index contributed by atoms with van der Waals surface area (Å²) in [5, 5.41) is 0. The maximum absolute atomic E-state index is 6.34. The summed E-state index contributed by atoms with van der Waals surface area (Å²) in [7, 11) is 1.72. The Hall–Kier alpha value is -1.26. The zero-order valence-electron chi connectivity index (χ0n) is 18.2. The Labute approximate surface area is 167 Å². The Morgan fingerprint density at radius 3 is 1.89 bits per heavy atom. The van der Waals surface area contributed by atoms with Gasteiger partial charge in [-0.05, 0) is 61.3 Å². The molecular weight excluding hydrogens is 336 g/mol. The fraction of sp³-hybridized carbons (Fsp3) is 0.739. The van der Waals surface area contributed by atoms with Crippen molar-refractivity contribution in [1.82, 2.24) is 0 Å². The lowest BCUT2D eigenvalue weighted by atomic mass is 9.97. The van der Waals surface area contributed by atoms with E-state index in [1.165, 1.54) is 19.3 Å². The van der Waals surface area contributed by atoms with E-state index in [-0.39, 0.29) is 12.1 Å². The molecule has 0 aliphatic heterocycles. The fourth-order valence-corrected chi connectivity index (χ4v) is 3.25. The molecule has 27 heavy (non-hydrogen) atoms. The van der Waals surface area contributed by atoms with E-state index in [1.54, 1.807) is 7.11 Å². The lowest BCUT2D eigenvalue weighted by Gasteiger charge is -2.21. The molecule has 1 aromatic carbocycles. The van der Waals surface area contributed by atoms with Gasteiger partial charge in [-0.25, -0.2) is 0 Å². The molecule has 0 heterocycles. The number of unbranched alkanes of at least 4 members (excludes halogenated alkanes) is 1. The van der Waals surface area contributed by atoms with Gasteiger partial charge in [-0.3, -0.25) is 0 Å². The molecule has 1 rings (SSSR count). The molecule has 0 amide bonds. The monoisotopic (exact) mass is 378 g/mol. The van der Waals surface area contributed by atoms with Crippen molar-refractivity contribution in [1.29, 1.82) is 0 Å². The SMILES string of the molecule is CCCCC(CC)COc1cc(CC(N)CC)c(OC)cc1CC(N)CC. The number of benzene rings is 1. The van der Waals surface area contributed by atoms with Crippen molar-refractivity contribution in [2.75, 3.05) is 13.7 Å². The molecule has 0 bridgehead atoms. The second-order valence-electron chi connectivity index (χ2n) is 7.74. The second-order valence-corrected chi connectivity index (χ2v) is 7.74. The molecule has 0 spiro atoms. The highest BCUT2D eigenvalue weighted by Gasteiger charge is 2.17. The van der Waals surface area contributed by atoms with Gasteiger partial charge in [0, 0.05) is 12.1 Å². The predicted molar refractivity (Wildman–Crippen MR) is 116 cm³/mol. The Bertz CT molecular complexity index is 533. The predicted octanol–water partition coefficient (Wildman–Crippen LogP) is 4.85.